The molecule has 1 N–H and O–H groups in total. The van der Waals surface area contributed by atoms with E-state index in [-0.39, 0.29) is 0 Å². The van der Waals surface area contributed by atoms with Crippen LogP contribution in [-0.2, 0) is 4.74 Å². The number of benzene rings is 1. The van der Waals surface area contributed by atoms with Crippen LogP contribution in [0.4, 0.5) is 5.69 Å². The summed E-state index contributed by atoms with van der Waals surface area (Å²) in [5.41, 5.74) is 2.22. The van der Waals surface area contributed by atoms with Crippen LogP contribution in [0.15, 0.2) is 18.2 Å². The third-order valence-electron chi connectivity index (χ3n) is 2.97. The van der Waals surface area contributed by atoms with Crippen LogP contribution in [-0.4, -0.2) is 19.3 Å². The average Bonchev–Trinajstić information content (AvgIpc) is 2.16. The van der Waals surface area contributed by atoms with Crippen molar-refractivity contribution < 1.29 is 4.74 Å². The Hall–Kier alpha value is -0.730. The molecule has 0 heterocycles. The summed E-state index contributed by atoms with van der Waals surface area (Å²) in [4.78, 5) is 0. The van der Waals surface area contributed by atoms with Gasteiger partial charge in [-0.05, 0) is 37.5 Å². The van der Waals surface area contributed by atoms with Crippen molar-refractivity contribution in [1.29, 1.82) is 0 Å². The van der Waals surface area contributed by atoms with Crippen LogP contribution in [0.1, 0.15) is 18.4 Å². The Bertz CT molecular complexity index is 347. The Labute approximate surface area is 95.6 Å². The van der Waals surface area contributed by atoms with E-state index in [9.17, 15) is 0 Å². The van der Waals surface area contributed by atoms with Crippen molar-refractivity contribution in [2.75, 3.05) is 12.4 Å². The summed E-state index contributed by atoms with van der Waals surface area (Å²) < 4.78 is 5.23. The molecule has 0 aliphatic heterocycles. The molecule has 0 saturated heterocycles. The van der Waals surface area contributed by atoms with Crippen LogP contribution in [0.25, 0.3) is 0 Å². The van der Waals surface area contributed by atoms with E-state index in [1.807, 2.05) is 19.1 Å². The van der Waals surface area contributed by atoms with Crippen LogP contribution >= 0.6 is 11.6 Å². The van der Waals surface area contributed by atoms with E-state index in [1.54, 1.807) is 7.11 Å². The third kappa shape index (κ3) is 2.44. The van der Waals surface area contributed by atoms with Gasteiger partial charge in [0, 0.05) is 23.9 Å². The normalized spacial score (nSPS) is 24.7. The molecule has 0 bridgehead atoms. The van der Waals surface area contributed by atoms with E-state index < -0.39 is 0 Å². The zero-order valence-electron chi connectivity index (χ0n) is 9.09. The topological polar surface area (TPSA) is 21.3 Å². The second-order valence-electron chi connectivity index (χ2n) is 4.13. The maximum Gasteiger partial charge on any atom is 0.0610 e. The van der Waals surface area contributed by atoms with Crippen LogP contribution in [0.5, 0.6) is 0 Å². The molecule has 0 spiro atoms. The number of aryl methyl sites for hydroxylation is 1. The highest BCUT2D eigenvalue weighted by Gasteiger charge is 2.28. The zero-order valence-corrected chi connectivity index (χ0v) is 9.84. The fourth-order valence-electron chi connectivity index (χ4n) is 1.79. The van der Waals surface area contributed by atoms with Gasteiger partial charge in [0.25, 0.3) is 0 Å². The fraction of sp³-hybridized carbons (Fsp3) is 0.500. The number of ether oxygens (including phenoxy) is 1. The van der Waals surface area contributed by atoms with E-state index in [0.29, 0.717) is 12.1 Å². The quantitative estimate of drug-likeness (QED) is 0.853. The molecule has 0 unspecified atom stereocenters. The number of anilines is 1. The van der Waals surface area contributed by atoms with Gasteiger partial charge >= 0.3 is 0 Å². The van der Waals surface area contributed by atoms with Crippen molar-refractivity contribution in [2.45, 2.75) is 31.9 Å². The number of methoxy groups -OCH3 is 1. The number of rotatable bonds is 3. The summed E-state index contributed by atoms with van der Waals surface area (Å²) in [6, 6.07) is 6.63. The third-order valence-corrected chi connectivity index (χ3v) is 3.38. The first-order chi connectivity index (χ1) is 7.19. The smallest absolute Gasteiger partial charge is 0.0610 e. The van der Waals surface area contributed by atoms with Gasteiger partial charge in [-0.1, -0.05) is 17.7 Å². The van der Waals surface area contributed by atoms with Crippen LogP contribution in [0.2, 0.25) is 5.02 Å². The molecule has 1 saturated carbocycles. The van der Waals surface area contributed by atoms with Crippen LogP contribution in [0.3, 0.4) is 0 Å². The molecule has 82 valence electrons. The van der Waals surface area contributed by atoms with Gasteiger partial charge in [-0.25, -0.2) is 0 Å². The van der Waals surface area contributed by atoms with Gasteiger partial charge in [-0.15, -0.1) is 0 Å². The predicted octanol–water partition coefficient (Wildman–Crippen LogP) is 3.24. The molecule has 2 nitrogen and oxygen atoms in total. The van der Waals surface area contributed by atoms with Crippen molar-refractivity contribution in [1.82, 2.24) is 0 Å². The summed E-state index contributed by atoms with van der Waals surface area (Å²) in [6.07, 6.45) is 2.60. The molecule has 0 aromatic heterocycles. The van der Waals surface area contributed by atoms with E-state index >= 15 is 0 Å². The Balaban J connectivity index is 1.92. The fourth-order valence-corrected chi connectivity index (χ4v) is 1.97. The summed E-state index contributed by atoms with van der Waals surface area (Å²) >= 11 is 6.05. The Morgan fingerprint density at radius 2 is 2.13 bits per heavy atom. The van der Waals surface area contributed by atoms with Gasteiger partial charge in [0.15, 0.2) is 0 Å². The first kappa shape index (κ1) is 10.8. The highest BCUT2D eigenvalue weighted by molar-refractivity contribution is 6.31. The highest BCUT2D eigenvalue weighted by Crippen LogP contribution is 2.28. The van der Waals surface area contributed by atoms with E-state index in [1.165, 1.54) is 0 Å². The molecular formula is C12H16ClNO. The summed E-state index contributed by atoms with van der Waals surface area (Å²) in [5.74, 6) is 0. The van der Waals surface area contributed by atoms with Crippen molar-refractivity contribution in [3.8, 4) is 0 Å². The second-order valence-corrected chi connectivity index (χ2v) is 4.54. The van der Waals surface area contributed by atoms with Gasteiger partial charge in [0.05, 0.1) is 6.10 Å². The summed E-state index contributed by atoms with van der Waals surface area (Å²) in [7, 11) is 1.77. The van der Waals surface area contributed by atoms with Gasteiger partial charge in [0.2, 0.25) is 0 Å². The van der Waals surface area contributed by atoms with Gasteiger partial charge < -0.3 is 10.1 Å². The predicted molar refractivity (Wildman–Crippen MR) is 63.6 cm³/mol. The molecular weight excluding hydrogens is 210 g/mol. The number of hydrogen-bond acceptors (Lipinski definition) is 2. The summed E-state index contributed by atoms with van der Waals surface area (Å²) in [6.45, 7) is 2.01. The lowest BCUT2D eigenvalue weighted by molar-refractivity contribution is 0.0329. The molecule has 1 aromatic carbocycles. The first-order valence-electron chi connectivity index (χ1n) is 5.24. The molecule has 1 aliphatic rings. The zero-order chi connectivity index (χ0) is 10.8. The molecule has 15 heavy (non-hydrogen) atoms. The van der Waals surface area contributed by atoms with Crippen molar-refractivity contribution in [3.63, 3.8) is 0 Å². The molecule has 1 fully saturated rings. The second kappa shape index (κ2) is 4.42. The van der Waals surface area contributed by atoms with Gasteiger partial charge in [-0.3, -0.25) is 0 Å². The van der Waals surface area contributed by atoms with E-state index in [0.717, 1.165) is 29.1 Å². The number of halogens is 1. The molecule has 0 atom stereocenters. The maximum atomic E-state index is 6.05. The molecule has 1 aliphatic carbocycles. The molecule has 0 radical (unpaired) electrons. The highest BCUT2D eigenvalue weighted by atomic mass is 35.5. The van der Waals surface area contributed by atoms with Gasteiger partial charge in [-0.2, -0.15) is 0 Å². The van der Waals surface area contributed by atoms with Crippen LogP contribution in [0, 0.1) is 6.92 Å². The molecule has 2 rings (SSSR count). The Morgan fingerprint density at radius 3 is 2.73 bits per heavy atom. The molecule has 3 heteroatoms. The standard InChI is InChI=1S/C12H16ClNO/c1-8-3-4-9(7-12(8)13)14-10-5-11(6-10)15-2/h3-4,7,10-11,14H,5-6H2,1-2H3. The lowest BCUT2D eigenvalue weighted by Crippen LogP contribution is -2.40. The SMILES string of the molecule is COC1CC(Nc2ccc(C)c(Cl)c2)C1. The molecule has 1 aromatic rings. The van der Waals surface area contributed by atoms with Crippen molar-refractivity contribution >= 4 is 17.3 Å². The Kier molecular flexibility index (Phi) is 3.17. The first-order valence-corrected chi connectivity index (χ1v) is 5.62. The lowest BCUT2D eigenvalue weighted by Gasteiger charge is -2.35. The number of hydrogen-bond donors (Lipinski definition) is 1. The number of nitrogens with one attached hydrogen (secondary N) is 1. The van der Waals surface area contributed by atoms with Crippen molar-refractivity contribution in [3.05, 3.63) is 28.8 Å². The monoisotopic (exact) mass is 225 g/mol. The van der Waals surface area contributed by atoms with E-state index in [2.05, 4.69) is 11.4 Å². The Morgan fingerprint density at radius 1 is 1.40 bits per heavy atom. The minimum atomic E-state index is 0.434. The lowest BCUT2D eigenvalue weighted by atomic mass is 9.89. The minimum absolute atomic E-state index is 0.434. The summed E-state index contributed by atoms with van der Waals surface area (Å²) in [5, 5.41) is 4.27. The van der Waals surface area contributed by atoms with Crippen LogP contribution < -0.4 is 5.32 Å². The van der Waals surface area contributed by atoms with Gasteiger partial charge in [0.1, 0.15) is 0 Å². The molecule has 0 amide bonds. The minimum Gasteiger partial charge on any atom is -0.382 e. The average molecular weight is 226 g/mol. The van der Waals surface area contributed by atoms with Crippen molar-refractivity contribution in [2.24, 2.45) is 0 Å². The maximum absolute atomic E-state index is 6.05. The van der Waals surface area contributed by atoms with E-state index in [4.69, 9.17) is 16.3 Å². The largest absolute Gasteiger partial charge is 0.382 e.